The number of fused-ring (bicyclic) bond motifs is 1. The van der Waals surface area contributed by atoms with Gasteiger partial charge in [0.1, 0.15) is 0 Å². The molecule has 3 N–H and O–H groups in total. The molecule has 0 saturated carbocycles. The average Bonchev–Trinajstić information content (AvgIpc) is 2.65. The fourth-order valence-electron chi connectivity index (χ4n) is 2.17. The maximum Gasteiger partial charge on any atom is 0.0811 e. The van der Waals surface area contributed by atoms with Crippen LogP contribution >= 0.6 is 0 Å². The summed E-state index contributed by atoms with van der Waals surface area (Å²) < 4.78 is 0. The van der Waals surface area contributed by atoms with Gasteiger partial charge in [0, 0.05) is 18.7 Å². The quantitative estimate of drug-likeness (QED) is 0.689. The Balaban J connectivity index is 2.30. The summed E-state index contributed by atoms with van der Waals surface area (Å²) in [5.74, 6) is 0. The monoisotopic (exact) mass is 207 g/mol. The fourth-order valence-corrected chi connectivity index (χ4v) is 2.17. The Kier molecular flexibility index (Phi) is 2.93. The second kappa shape index (κ2) is 4.21. The number of aliphatic hydroxyl groups excluding tert-OH is 2. The van der Waals surface area contributed by atoms with E-state index in [4.69, 9.17) is 5.11 Å². The van der Waals surface area contributed by atoms with Crippen molar-refractivity contribution in [1.29, 1.82) is 0 Å². The van der Waals surface area contributed by atoms with Gasteiger partial charge in [0.25, 0.3) is 0 Å². The Morgan fingerprint density at radius 2 is 2.27 bits per heavy atom. The van der Waals surface area contributed by atoms with E-state index in [-0.39, 0.29) is 6.61 Å². The zero-order valence-corrected chi connectivity index (χ0v) is 8.95. The summed E-state index contributed by atoms with van der Waals surface area (Å²) in [4.78, 5) is 0. The van der Waals surface area contributed by atoms with Crippen molar-refractivity contribution in [1.82, 2.24) is 0 Å². The van der Waals surface area contributed by atoms with Crippen LogP contribution in [0.1, 0.15) is 16.7 Å². The van der Waals surface area contributed by atoms with Crippen LogP contribution in [0.3, 0.4) is 0 Å². The van der Waals surface area contributed by atoms with Crippen LogP contribution in [0.5, 0.6) is 0 Å². The molecule has 2 rings (SSSR count). The molecule has 3 nitrogen and oxygen atoms in total. The Labute approximate surface area is 89.8 Å². The maximum absolute atomic E-state index is 9.46. The Hall–Kier alpha value is -1.06. The molecule has 1 aromatic rings. The molecule has 0 aromatic heterocycles. The maximum atomic E-state index is 9.46. The van der Waals surface area contributed by atoms with Gasteiger partial charge < -0.3 is 15.5 Å². The Bertz CT molecular complexity index is 363. The van der Waals surface area contributed by atoms with Gasteiger partial charge in [-0.1, -0.05) is 6.07 Å². The van der Waals surface area contributed by atoms with Crippen LogP contribution < -0.4 is 5.32 Å². The van der Waals surface area contributed by atoms with Crippen molar-refractivity contribution >= 4 is 5.69 Å². The van der Waals surface area contributed by atoms with Crippen LogP contribution in [0, 0.1) is 6.92 Å². The van der Waals surface area contributed by atoms with E-state index in [9.17, 15) is 5.11 Å². The van der Waals surface area contributed by atoms with Crippen molar-refractivity contribution in [3.05, 3.63) is 28.8 Å². The number of aryl methyl sites for hydroxylation is 1. The first kappa shape index (κ1) is 10.5. The van der Waals surface area contributed by atoms with Gasteiger partial charge in [-0.15, -0.1) is 0 Å². The third kappa shape index (κ3) is 2.13. The molecule has 0 spiro atoms. The molecule has 1 aromatic carbocycles. The molecule has 1 unspecified atom stereocenters. The summed E-state index contributed by atoms with van der Waals surface area (Å²) in [5.41, 5.74) is 4.85. The highest BCUT2D eigenvalue weighted by Gasteiger charge is 2.16. The second-order valence-electron chi connectivity index (χ2n) is 4.17. The van der Waals surface area contributed by atoms with Crippen LogP contribution in [0.2, 0.25) is 0 Å². The lowest BCUT2D eigenvalue weighted by atomic mass is 9.97. The summed E-state index contributed by atoms with van der Waals surface area (Å²) >= 11 is 0. The van der Waals surface area contributed by atoms with Crippen molar-refractivity contribution in [3.8, 4) is 0 Å². The lowest BCUT2D eigenvalue weighted by molar-refractivity contribution is 0.0954. The average molecular weight is 207 g/mol. The zero-order chi connectivity index (χ0) is 10.8. The summed E-state index contributed by atoms with van der Waals surface area (Å²) in [6.07, 6.45) is 0.919. The van der Waals surface area contributed by atoms with E-state index in [1.54, 1.807) is 0 Å². The minimum absolute atomic E-state index is 0.170. The molecule has 82 valence electrons. The van der Waals surface area contributed by atoms with Crippen molar-refractivity contribution in [2.75, 3.05) is 18.5 Å². The van der Waals surface area contributed by atoms with Gasteiger partial charge in [-0.05, 0) is 36.1 Å². The molecule has 0 amide bonds. The van der Waals surface area contributed by atoms with E-state index < -0.39 is 6.10 Å². The van der Waals surface area contributed by atoms with E-state index >= 15 is 0 Å². The number of benzene rings is 1. The van der Waals surface area contributed by atoms with Gasteiger partial charge in [0.05, 0.1) is 12.7 Å². The number of hydrogen-bond donors (Lipinski definition) is 3. The number of hydrogen-bond acceptors (Lipinski definition) is 3. The lowest BCUT2D eigenvalue weighted by Gasteiger charge is -2.12. The molecule has 0 aliphatic carbocycles. The standard InChI is InChI=1S/C12H17NO2/c1-8-4-9(6-10(15)7-14)11-2-3-13-12(11)5-8/h4-5,10,13-15H,2-3,6-7H2,1H3. The van der Waals surface area contributed by atoms with Gasteiger partial charge in [0.2, 0.25) is 0 Å². The SMILES string of the molecule is Cc1cc(CC(O)CO)c2c(c1)NCC2. The predicted molar refractivity (Wildman–Crippen MR) is 60.2 cm³/mol. The first-order valence-electron chi connectivity index (χ1n) is 5.36. The highest BCUT2D eigenvalue weighted by atomic mass is 16.3. The molecule has 15 heavy (non-hydrogen) atoms. The van der Waals surface area contributed by atoms with E-state index in [1.807, 2.05) is 0 Å². The predicted octanol–water partition coefficient (Wildman–Crippen LogP) is 0.859. The van der Waals surface area contributed by atoms with Crippen molar-refractivity contribution in [3.63, 3.8) is 0 Å². The van der Waals surface area contributed by atoms with Gasteiger partial charge in [-0.3, -0.25) is 0 Å². The fraction of sp³-hybridized carbons (Fsp3) is 0.500. The topological polar surface area (TPSA) is 52.5 Å². The smallest absolute Gasteiger partial charge is 0.0811 e. The van der Waals surface area contributed by atoms with Crippen LogP contribution in [0.25, 0.3) is 0 Å². The molecule has 3 heteroatoms. The van der Waals surface area contributed by atoms with Crippen LogP contribution in [0.4, 0.5) is 5.69 Å². The molecule has 1 heterocycles. The van der Waals surface area contributed by atoms with E-state index in [0.717, 1.165) is 18.5 Å². The third-order valence-electron chi connectivity index (χ3n) is 2.84. The van der Waals surface area contributed by atoms with Crippen LogP contribution in [-0.4, -0.2) is 29.5 Å². The largest absolute Gasteiger partial charge is 0.394 e. The molecule has 1 atom stereocenters. The Morgan fingerprint density at radius 3 is 3.00 bits per heavy atom. The second-order valence-corrected chi connectivity index (χ2v) is 4.17. The molecule has 0 fully saturated rings. The van der Waals surface area contributed by atoms with E-state index in [2.05, 4.69) is 24.4 Å². The highest BCUT2D eigenvalue weighted by Crippen LogP contribution is 2.28. The summed E-state index contributed by atoms with van der Waals surface area (Å²) in [6, 6.07) is 4.24. The minimum atomic E-state index is -0.642. The molecular weight excluding hydrogens is 190 g/mol. The number of nitrogens with one attached hydrogen (secondary N) is 1. The van der Waals surface area contributed by atoms with Crippen LogP contribution in [-0.2, 0) is 12.8 Å². The van der Waals surface area contributed by atoms with E-state index in [1.165, 1.54) is 16.8 Å². The Morgan fingerprint density at radius 1 is 1.47 bits per heavy atom. The first-order valence-corrected chi connectivity index (χ1v) is 5.36. The molecular formula is C12H17NO2. The first-order chi connectivity index (χ1) is 7.20. The van der Waals surface area contributed by atoms with Gasteiger partial charge >= 0.3 is 0 Å². The number of anilines is 1. The van der Waals surface area contributed by atoms with Crippen molar-refractivity contribution in [2.45, 2.75) is 25.9 Å². The van der Waals surface area contributed by atoms with Crippen LogP contribution in [0.15, 0.2) is 12.1 Å². The minimum Gasteiger partial charge on any atom is -0.394 e. The summed E-state index contributed by atoms with van der Waals surface area (Å²) in [7, 11) is 0. The highest BCUT2D eigenvalue weighted by molar-refractivity contribution is 5.60. The summed E-state index contributed by atoms with van der Waals surface area (Å²) in [5, 5.41) is 21.6. The molecule has 0 radical (unpaired) electrons. The molecule has 0 bridgehead atoms. The van der Waals surface area contributed by atoms with Crippen molar-refractivity contribution in [2.24, 2.45) is 0 Å². The van der Waals surface area contributed by atoms with Gasteiger partial charge in [-0.25, -0.2) is 0 Å². The summed E-state index contributed by atoms with van der Waals surface area (Å²) in [6.45, 7) is 2.85. The normalized spacial score (nSPS) is 15.9. The zero-order valence-electron chi connectivity index (χ0n) is 8.95. The third-order valence-corrected chi connectivity index (χ3v) is 2.84. The molecule has 1 aliphatic rings. The molecule has 1 aliphatic heterocycles. The van der Waals surface area contributed by atoms with Gasteiger partial charge in [-0.2, -0.15) is 0 Å². The number of aliphatic hydroxyl groups is 2. The molecule has 0 saturated heterocycles. The van der Waals surface area contributed by atoms with E-state index in [0.29, 0.717) is 6.42 Å². The van der Waals surface area contributed by atoms with Gasteiger partial charge in [0.15, 0.2) is 0 Å². The number of rotatable bonds is 3. The lowest BCUT2D eigenvalue weighted by Crippen LogP contribution is -2.16. The van der Waals surface area contributed by atoms with Crippen molar-refractivity contribution < 1.29 is 10.2 Å².